The van der Waals surface area contributed by atoms with Gasteiger partial charge in [0.15, 0.2) is 0 Å². The van der Waals surface area contributed by atoms with Crippen LogP contribution < -0.4 is 4.74 Å². The second-order valence-corrected chi connectivity index (χ2v) is 3.38. The van der Waals surface area contributed by atoms with Crippen molar-refractivity contribution in [3.05, 3.63) is 29.3 Å². The Hall–Kier alpha value is -1.31. The third-order valence-electron chi connectivity index (χ3n) is 2.51. The fraction of sp³-hybridized carbons (Fsp3) is 0.364. The molecule has 2 heteroatoms. The molecule has 1 atom stereocenters. The Morgan fingerprint density at radius 3 is 2.92 bits per heavy atom. The Balaban J connectivity index is 2.54. The Morgan fingerprint density at radius 2 is 2.23 bits per heavy atom. The van der Waals surface area contributed by atoms with Crippen molar-refractivity contribution in [3.63, 3.8) is 0 Å². The van der Waals surface area contributed by atoms with Crippen LogP contribution >= 0.6 is 0 Å². The topological polar surface area (TPSA) is 26.3 Å². The van der Waals surface area contributed by atoms with Crippen LogP contribution in [0, 0.1) is 6.92 Å². The summed E-state index contributed by atoms with van der Waals surface area (Å²) in [6.45, 7) is 3.97. The Labute approximate surface area is 77.5 Å². The van der Waals surface area contributed by atoms with Crippen LogP contribution in [0.2, 0.25) is 0 Å². The minimum Gasteiger partial charge on any atom is -0.425 e. The fourth-order valence-electron chi connectivity index (χ4n) is 1.77. The average molecular weight is 176 g/mol. The molecule has 0 amide bonds. The fourth-order valence-corrected chi connectivity index (χ4v) is 1.77. The molecule has 0 spiro atoms. The van der Waals surface area contributed by atoms with Gasteiger partial charge in [-0.05, 0) is 18.9 Å². The largest absolute Gasteiger partial charge is 0.425 e. The number of para-hydroxylation sites is 1. The van der Waals surface area contributed by atoms with Crippen LogP contribution in [0.15, 0.2) is 18.2 Å². The van der Waals surface area contributed by atoms with Crippen molar-refractivity contribution < 1.29 is 9.53 Å². The molecule has 0 fully saturated rings. The molecule has 1 heterocycles. The molecule has 0 aromatic heterocycles. The summed E-state index contributed by atoms with van der Waals surface area (Å²) in [5.74, 6) is 0.626. The monoisotopic (exact) mass is 176 g/mol. The van der Waals surface area contributed by atoms with Gasteiger partial charge >= 0.3 is 5.97 Å². The predicted molar refractivity (Wildman–Crippen MR) is 49.8 cm³/mol. The highest BCUT2D eigenvalue weighted by molar-refractivity contribution is 5.86. The number of fused-ring (bicyclic) bond motifs is 1. The number of aryl methyl sites for hydroxylation is 1. The summed E-state index contributed by atoms with van der Waals surface area (Å²) in [5.41, 5.74) is 2.09. The number of carbonyl (C=O) groups excluding carboxylic acids is 1. The van der Waals surface area contributed by atoms with Gasteiger partial charge in [0.25, 0.3) is 0 Å². The van der Waals surface area contributed by atoms with Crippen molar-refractivity contribution in [1.29, 1.82) is 0 Å². The molecule has 2 rings (SSSR count). The van der Waals surface area contributed by atoms with Gasteiger partial charge in [-0.15, -0.1) is 0 Å². The Bertz CT molecular complexity index is 355. The number of carbonyl (C=O) groups is 1. The van der Waals surface area contributed by atoms with E-state index in [0.29, 0.717) is 0 Å². The van der Waals surface area contributed by atoms with E-state index >= 15 is 0 Å². The second kappa shape index (κ2) is 2.87. The van der Waals surface area contributed by atoms with Crippen molar-refractivity contribution >= 4 is 5.97 Å². The number of ether oxygens (including phenoxy) is 1. The maximum Gasteiger partial charge on any atom is 0.318 e. The summed E-state index contributed by atoms with van der Waals surface area (Å²) >= 11 is 0. The highest BCUT2D eigenvalue weighted by Crippen LogP contribution is 2.38. The number of hydrogen-bond donors (Lipinski definition) is 0. The molecule has 1 unspecified atom stereocenters. The molecule has 1 aliphatic heterocycles. The lowest BCUT2D eigenvalue weighted by Gasteiger charge is -2.02. The summed E-state index contributed by atoms with van der Waals surface area (Å²) in [6, 6.07) is 5.91. The van der Waals surface area contributed by atoms with Crippen molar-refractivity contribution in [2.45, 2.75) is 26.2 Å². The maximum absolute atomic E-state index is 11.4. The van der Waals surface area contributed by atoms with Crippen molar-refractivity contribution in [3.8, 4) is 5.75 Å². The first-order valence-corrected chi connectivity index (χ1v) is 4.55. The Kier molecular flexibility index (Phi) is 1.83. The minimum atomic E-state index is -0.105. The van der Waals surface area contributed by atoms with Crippen molar-refractivity contribution in [2.24, 2.45) is 0 Å². The standard InChI is InChI=1S/C11H12O2/c1-3-8-9-6-4-5-7(2)10(9)13-11(8)12/h4-6,8H,3H2,1-2H3. The first-order valence-electron chi connectivity index (χ1n) is 4.55. The normalized spacial score (nSPS) is 19.8. The number of hydrogen-bond acceptors (Lipinski definition) is 2. The summed E-state index contributed by atoms with van der Waals surface area (Å²) < 4.78 is 5.20. The number of benzene rings is 1. The highest BCUT2D eigenvalue weighted by atomic mass is 16.5. The first-order chi connectivity index (χ1) is 6.24. The molecule has 68 valence electrons. The van der Waals surface area contributed by atoms with Crippen LogP contribution in [0.1, 0.15) is 30.4 Å². The van der Waals surface area contributed by atoms with Crippen molar-refractivity contribution in [1.82, 2.24) is 0 Å². The van der Waals surface area contributed by atoms with E-state index in [9.17, 15) is 4.79 Å². The van der Waals surface area contributed by atoms with E-state index < -0.39 is 0 Å². The minimum absolute atomic E-state index is 0.0464. The number of esters is 1. The molecule has 0 bridgehead atoms. The molecule has 13 heavy (non-hydrogen) atoms. The zero-order chi connectivity index (χ0) is 9.42. The van der Waals surface area contributed by atoms with Gasteiger partial charge in [0, 0.05) is 5.56 Å². The summed E-state index contributed by atoms with van der Waals surface area (Å²) in [7, 11) is 0. The van der Waals surface area contributed by atoms with Crippen LogP contribution in [-0.2, 0) is 4.79 Å². The van der Waals surface area contributed by atoms with Crippen LogP contribution in [-0.4, -0.2) is 5.97 Å². The van der Waals surface area contributed by atoms with Gasteiger partial charge < -0.3 is 4.74 Å². The van der Waals surface area contributed by atoms with E-state index in [1.54, 1.807) is 0 Å². The maximum atomic E-state index is 11.4. The lowest BCUT2D eigenvalue weighted by molar-refractivity contribution is -0.134. The molecule has 0 saturated carbocycles. The van der Waals surface area contributed by atoms with Gasteiger partial charge in [0.2, 0.25) is 0 Å². The quantitative estimate of drug-likeness (QED) is 0.485. The van der Waals surface area contributed by atoms with Gasteiger partial charge in [0.1, 0.15) is 5.75 Å². The van der Waals surface area contributed by atoms with Crippen molar-refractivity contribution in [2.75, 3.05) is 0 Å². The molecule has 2 nitrogen and oxygen atoms in total. The zero-order valence-corrected chi connectivity index (χ0v) is 7.83. The van der Waals surface area contributed by atoms with Gasteiger partial charge in [-0.2, -0.15) is 0 Å². The third kappa shape index (κ3) is 1.13. The summed E-state index contributed by atoms with van der Waals surface area (Å²) in [6.07, 6.45) is 0.815. The van der Waals surface area contributed by atoms with Crippen LogP contribution in [0.25, 0.3) is 0 Å². The molecular weight excluding hydrogens is 164 g/mol. The van der Waals surface area contributed by atoms with E-state index in [1.165, 1.54) is 0 Å². The van der Waals surface area contributed by atoms with E-state index in [-0.39, 0.29) is 11.9 Å². The lowest BCUT2D eigenvalue weighted by Crippen LogP contribution is -2.08. The Morgan fingerprint density at radius 1 is 1.46 bits per heavy atom. The molecule has 0 radical (unpaired) electrons. The molecule has 0 aliphatic carbocycles. The highest BCUT2D eigenvalue weighted by Gasteiger charge is 2.32. The zero-order valence-electron chi connectivity index (χ0n) is 7.83. The predicted octanol–water partition coefficient (Wildman–Crippen LogP) is 2.41. The van der Waals surface area contributed by atoms with Crippen LogP contribution in [0.4, 0.5) is 0 Å². The molecule has 0 saturated heterocycles. The SMILES string of the molecule is CCC1C(=O)Oc2c(C)cccc21. The van der Waals surface area contributed by atoms with E-state index in [4.69, 9.17) is 4.74 Å². The summed E-state index contributed by atoms with van der Waals surface area (Å²) in [5, 5.41) is 0. The smallest absolute Gasteiger partial charge is 0.318 e. The van der Waals surface area contributed by atoms with Crippen LogP contribution in [0.5, 0.6) is 5.75 Å². The molecule has 1 aromatic carbocycles. The number of rotatable bonds is 1. The van der Waals surface area contributed by atoms with Gasteiger partial charge in [0.05, 0.1) is 5.92 Å². The lowest BCUT2D eigenvalue weighted by atomic mass is 9.97. The van der Waals surface area contributed by atoms with E-state index in [2.05, 4.69) is 0 Å². The van der Waals surface area contributed by atoms with Gasteiger partial charge in [-0.1, -0.05) is 25.1 Å². The summed E-state index contributed by atoms with van der Waals surface area (Å²) in [4.78, 5) is 11.4. The average Bonchev–Trinajstić information content (AvgIpc) is 2.43. The van der Waals surface area contributed by atoms with Gasteiger partial charge in [-0.3, -0.25) is 4.79 Å². The molecule has 0 N–H and O–H groups in total. The van der Waals surface area contributed by atoms with E-state index in [1.807, 2.05) is 32.0 Å². The first kappa shape index (κ1) is 8.30. The molecule has 1 aliphatic rings. The van der Waals surface area contributed by atoms with E-state index in [0.717, 1.165) is 23.3 Å². The van der Waals surface area contributed by atoms with Crippen LogP contribution in [0.3, 0.4) is 0 Å². The second-order valence-electron chi connectivity index (χ2n) is 3.38. The van der Waals surface area contributed by atoms with Gasteiger partial charge in [-0.25, -0.2) is 0 Å². The molecular formula is C11H12O2. The third-order valence-corrected chi connectivity index (χ3v) is 2.51. The molecule has 1 aromatic rings.